The highest BCUT2D eigenvalue weighted by molar-refractivity contribution is 5.96. The summed E-state index contributed by atoms with van der Waals surface area (Å²) in [7, 11) is 0. The SMILES string of the molecule is Cc1ccc(C)c(OC(=O)c2ccc3ccccc3c2)c1C. The van der Waals surface area contributed by atoms with Crippen LogP contribution < -0.4 is 4.74 Å². The van der Waals surface area contributed by atoms with Gasteiger partial charge in [0.2, 0.25) is 0 Å². The average Bonchev–Trinajstić information content (AvgIpc) is 2.54. The lowest BCUT2D eigenvalue weighted by atomic mass is 10.0. The van der Waals surface area contributed by atoms with Crippen LogP contribution in [0.2, 0.25) is 0 Å². The number of aryl methyl sites for hydroxylation is 2. The summed E-state index contributed by atoms with van der Waals surface area (Å²) >= 11 is 0. The van der Waals surface area contributed by atoms with Gasteiger partial charge in [-0.15, -0.1) is 0 Å². The Labute approximate surface area is 130 Å². The molecule has 3 rings (SSSR count). The first-order valence-electron chi connectivity index (χ1n) is 7.34. The average molecular weight is 290 g/mol. The molecular weight excluding hydrogens is 272 g/mol. The highest BCUT2D eigenvalue weighted by atomic mass is 16.5. The van der Waals surface area contributed by atoms with Gasteiger partial charge in [0.15, 0.2) is 0 Å². The molecule has 0 saturated carbocycles. The Morgan fingerprint density at radius 3 is 2.27 bits per heavy atom. The molecular formula is C20H18O2. The first-order chi connectivity index (χ1) is 10.6. The summed E-state index contributed by atoms with van der Waals surface area (Å²) < 4.78 is 5.65. The summed E-state index contributed by atoms with van der Waals surface area (Å²) in [6.07, 6.45) is 0. The van der Waals surface area contributed by atoms with E-state index in [1.165, 1.54) is 0 Å². The molecule has 0 atom stereocenters. The Hall–Kier alpha value is -2.61. The Balaban J connectivity index is 1.95. The molecule has 0 fully saturated rings. The van der Waals surface area contributed by atoms with Crippen molar-refractivity contribution in [1.82, 2.24) is 0 Å². The standard InChI is InChI=1S/C20H18O2/c1-13-8-9-14(2)19(15(13)3)22-20(21)18-11-10-16-6-4-5-7-17(16)12-18/h4-12H,1-3H3. The van der Waals surface area contributed by atoms with Gasteiger partial charge in [-0.1, -0.05) is 42.5 Å². The zero-order chi connectivity index (χ0) is 15.7. The van der Waals surface area contributed by atoms with Gasteiger partial charge in [-0.2, -0.15) is 0 Å². The highest BCUT2D eigenvalue weighted by Gasteiger charge is 2.13. The van der Waals surface area contributed by atoms with Crippen molar-refractivity contribution in [1.29, 1.82) is 0 Å². The summed E-state index contributed by atoms with van der Waals surface area (Å²) in [5, 5.41) is 2.15. The van der Waals surface area contributed by atoms with Crippen LogP contribution in [0.3, 0.4) is 0 Å². The lowest BCUT2D eigenvalue weighted by Gasteiger charge is -2.12. The minimum Gasteiger partial charge on any atom is -0.422 e. The van der Waals surface area contributed by atoms with Gasteiger partial charge in [0, 0.05) is 0 Å². The van der Waals surface area contributed by atoms with E-state index in [1.54, 1.807) is 0 Å². The predicted molar refractivity (Wildman–Crippen MR) is 89.6 cm³/mol. The molecule has 0 unspecified atom stereocenters. The summed E-state index contributed by atoms with van der Waals surface area (Å²) in [6, 6.07) is 17.6. The Morgan fingerprint density at radius 1 is 0.818 bits per heavy atom. The molecule has 0 amide bonds. The summed E-state index contributed by atoms with van der Waals surface area (Å²) in [4.78, 5) is 12.5. The Kier molecular flexibility index (Phi) is 3.68. The maximum atomic E-state index is 12.5. The van der Waals surface area contributed by atoms with E-state index < -0.39 is 0 Å². The zero-order valence-corrected chi connectivity index (χ0v) is 13.0. The van der Waals surface area contributed by atoms with Gasteiger partial charge in [-0.3, -0.25) is 0 Å². The Bertz CT molecular complexity index is 863. The van der Waals surface area contributed by atoms with Crippen molar-refractivity contribution in [2.75, 3.05) is 0 Å². The molecule has 3 aromatic rings. The van der Waals surface area contributed by atoms with Crippen LogP contribution in [0.1, 0.15) is 27.0 Å². The lowest BCUT2D eigenvalue weighted by molar-refractivity contribution is 0.0732. The van der Waals surface area contributed by atoms with E-state index in [4.69, 9.17) is 4.74 Å². The van der Waals surface area contributed by atoms with E-state index in [1.807, 2.05) is 75.4 Å². The monoisotopic (exact) mass is 290 g/mol. The third kappa shape index (κ3) is 2.60. The van der Waals surface area contributed by atoms with Gasteiger partial charge in [0.25, 0.3) is 0 Å². The van der Waals surface area contributed by atoms with Gasteiger partial charge in [-0.05, 0) is 60.4 Å². The number of fused-ring (bicyclic) bond motifs is 1. The molecule has 0 heterocycles. The fourth-order valence-corrected chi connectivity index (χ4v) is 2.55. The highest BCUT2D eigenvalue weighted by Crippen LogP contribution is 2.27. The van der Waals surface area contributed by atoms with E-state index in [-0.39, 0.29) is 5.97 Å². The van der Waals surface area contributed by atoms with Crippen molar-refractivity contribution in [2.45, 2.75) is 20.8 Å². The summed E-state index contributed by atoms with van der Waals surface area (Å²) in [5.74, 6) is 0.348. The minimum atomic E-state index is -0.317. The quantitative estimate of drug-likeness (QED) is 0.491. The molecule has 0 bridgehead atoms. The molecule has 0 saturated heterocycles. The molecule has 0 aromatic heterocycles. The molecule has 110 valence electrons. The van der Waals surface area contributed by atoms with Gasteiger partial charge >= 0.3 is 5.97 Å². The molecule has 0 N–H and O–H groups in total. The van der Waals surface area contributed by atoms with E-state index >= 15 is 0 Å². The second-order valence-electron chi connectivity index (χ2n) is 5.60. The normalized spacial score (nSPS) is 10.7. The van der Waals surface area contributed by atoms with E-state index in [0.29, 0.717) is 11.3 Å². The molecule has 0 aliphatic rings. The molecule has 2 heteroatoms. The van der Waals surface area contributed by atoms with E-state index in [9.17, 15) is 4.79 Å². The van der Waals surface area contributed by atoms with Crippen molar-refractivity contribution in [3.63, 3.8) is 0 Å². The number of hydrogen-bond acceptors (Lipinski definition) is 2. The maximum absolute atomic E-state index is 12.5. The van der Waals surface area contributed by atoms with Crippen molar-refractivity contribution < 1.29 is 9.53 Å². The van der Waals surface area contributed by atoms with Crippen molar-refractivity contribution in [3.05, 3.63) is 76.9 Å². The van der Waals surface area contributed by atoms with Gasteiger partial charge in [-0.25, -0.2) is 4.79 Å². The molecule has 2 nitrogen and oxygen atoms in total. The van der Waals surface area contributed by atoms with Crippen LogP contribution in [0.4, 0.5) is 0 Å². The van der Waals surface area contributed by atoms with Crippen LogP contribution in [-0.4, -0.2) is 5.97 Å². The van der Waals surface area contributed by atoms with Gasteiger partial charge < -0.3 is 4.74 Å². The summed E-state index contributed by atoms with van der Waals surface area (Å²) in [6.45, 7) is 5.95. The third-order valence-electron chi connectivity index (χ3n) is 4.05. The fourth-order valence-electron chi connectivity index (χ4n) is 2.55. The van der Waals surface area contributed by atoms with Crippen LogP contribution in [0, 0.1) is 20.8 Å². The lowest BCUT2D eigenvalue weighted by Crippen LogP contribution is -2.10. The Morgan fingerprint density at radius 2 is 1.50 bits per heavy atom. The van der Waals surface area contributed by atoms with Gasteiger partial charge in [0.05, 0.1) is 5.56 Å². The molecule has 0 aliphatic carbocycles. The van der Waals surface area contributed by atoms with Crippen LogP contribution in [0.5, 0.6) is 5.75 Å². The first-order valence-corrected chi connectivity index (χ1v) is 7.34. The predicted octanol–water partition coefficient (Wildman–Crippen LogP) is 4.98. The zero-order valence-electron chi connectivity index (χ0n) is 13.0. The maximum Gasteiger partial charge on any atom is 0.343 e. The molecule has 0 aliphatic heterocycles. The summed E-state index contributed by atoms with van der Waals surface area (Å²) in [5.41, 5.74) is 3.66. The number of hydrogen-bond donors (Lipinski definition) is 0. The largest absolute Gasteiger partial charge is 0.422 e. The van der Waals surface area contributed by atoms with Crippen LogP contribution in [0.25, 0.3) is 10.8 Å². The third-order valence-corrected chi connectivity index (χ3v) is 4.05. The number of benzene rings is 3. The van der Waals surface area contributed by atoms with Crippen molar-refractivity contribution in [3.8, 4) is 5.75 Å². The number of ether oxygens (including phenoxy) is 1. The van der Waals surface area contributed by atoms with Crippen LogP contribution >= 0.6 is 0 Å². The first kappa shape index (κ1) is 14.3. The molecule has 3 aromatic carbocycles. The fraction of sp³-hybridized carbons (Fsp3) is 0.150. The number of rotatable bonds is 2. The second-order valence-corrected chi connectivity index (χ2v) is 5.60. The van der Waals surface area contributed by atoms with E-state index in [0.717, 1.165) is 27.5 Å². The molecule has 0 spiro atoms. The van der Waals surface area contributed by atoms with Crippen molar-refractivity contribution >= 4 is 16.7 Å². The number of carbonyl (C=O) groups is 1. The van der Waals surface area contributed by atoms with Gasteiger partial charge in [0.1, 0.15) is 5.75 Å². The van der Waals surface area contributed by atoms with Crippen molar-refractivity contribution in [2.24, 2.45) is 0 Å². The molecule has 0 radical (unpaired) electrons. The topological polar surface area (TPSA) is 26.3 Å². The second kappa shape index (κ2) is 5.64. The van der Waals surface area contributed by atoms with E-state index in [2.05, 4.69) is 0 Å². The number of carbonyl (C=O) groups excluding carboxylic acids is 1. The number of esters is 1. The minimum absolute atomic E-state index is 0.317. The van der Waals surface area contributed by atoms with Crippen LogP contribution in [-0.2, 0) is 0 Å². The molecule has 22 heavy (non-hydrogen) atoms. The van der Waals surface area contributed by atoms with Crippen LogP contribution in [0.15, 0.2) is 54.6 Å². The smallest absolute Gasteiger partial charge is 0.343 e.